The van der Waals surface area contributed by atoms with E-state index in [1.807, 2.05) is 24.3 Å². The monoisotopic (exact) mass is 898 g/mol. The number of nitrogens with one attached hydrogen (secondary N) is 2. The van der Waals surface area contributed by atoms with Gasteiger partial charge in [0.2, 0.25) is 11.8 Å². The molecule has 65 heavy (non-hydrogen) atoms. The molecule has 2 aliphatic carbocycles. The Kier molecular flexibility index (Phi) is 10.6. The van der Waals surface area contributed by atoms with Gasteiger partial charge in [-0.25, -0.2) is 27.5 Å². The summed E-state index contributed by atoms with van der Waals surface area (Å²) in [5.74, 6) is -0.290. The number of anilines is 2. The van der Waals surface area contributed by atoms with Crippen LogP contribution in [0.2, 0.25) is 0 Å². The third kappa shape index (κ3) is 7.69. The lowest BCUT2D eigenvalue weighted by molar-refractivity contribution is -0.135. The number of fused-ring (bicyclic) bond motifs is 4. The number of nitrogens with zero attached hydrogens (tertiary/aromatic N) is 10. The molecular formula is C45H53F3N12O5. The molecule has 8 heterocycles. The van der Waals surface area contributed by atoms with Crippen LogP contribution in [0.5, 0.6) is 0 Å². The van der Waals surface area contributed by atoms with Crippen molar-refractivity contribution >= 4 is 45.9 Å². The molecule has 11 rings (SSSR count). The van der Waals surface area contributed by atoms with Gasteiger partial charge in [-0.2, -0.15) is 10.2 Å². The van der Waals surface area contributed by atoms with Crippen LogP contribution in [0.1, 0.15) is 104 Å². The topological polar surface area (TPSA) is 169 Å². The van der Waals surface area contributed by atoms with Gasteiger partial charge in [0.1, 0.15) is 23.1 Å². The summed E-state index contributed by atoms with van der Waals surface area (Å²) in [6.07, 6.45) is 7.44. The lowest BCUT2D eigenvalue weighted by Gasteiger charge is -2.46. The van der Waals surface area contributed by atoms with Crippen molar-refractivity contribution < 1.29 is 32.3 Å². The highest BCUT2D eigenvalue weighted by Crippen LogP contribution is 2.49. The first-order chi connectivity index (χ1) is 31.4. The smallest absolute Gasteiger partial charge is 0.329 e. The molecule has 0 radical (unpaired) electrons. The van der Waals surface area contributed by atoms with E-state index in [0.29, 0.717) is 48.6 Å². The number of piperidine rings is 1. The van der Waals surface area contributed by atoms with Crippen LogP contribution in [0, 0.1) is 5.92 Å². The minimum atomic E-state index is -2.88. The van der Waals surface area contributed by atoms with E-state index in [4.69, 9.17) is 9.72 Å². The second kappa shape index (κ2) is 16.4. The van der Waals surface area contributed by atoms with Crippen LogP contribution in [0.25, 0.3) is 16.7 Å². The number of imidazole rings is 1. The van der Waals surface area contributed by atoms with E-state index >= 15 is 4.39 Å². The van der Waals surface area contributed by atoms with Crippen molar-refractivity contribution in [2.24, 2.45) is 13.0 Å². The fourth-order valence-electron chi connectivity index (χ4n) is 11.6. The van der Waals surface area contributed by atoms with Crippen LogP contribution in [0.3, 0.4) is 0 Å². The molecule has 4 saturated heterocycles. The number of imide groups is 1. The Labute approximate surface area is 371 Å². The van der Waals surface area contributed by atoms with Gasteiger partial charge < -0.3 is 19.9 Å². The number of rotatable bonds is 11. The van der Waals surface area contributed by atoms with Crippen molar-refractivity contribution in [2.75, 3.05) is 62.6 Å². The van der Waals surface area contributed by atoms with E-state index in [-0.39, 0.29) is 59.8 Å². The molecule has 344 valence electrons. The van der Waals surface area contributed by atoms with Crippen LogP contribution in [0.15, 0.2) is 47.7 Å². The number of piperazine rings is 1. The summed E-state index contributed by atoms with van der Waals surface area (Å²) < 4.78 is 56.8. The molecule has 1 aromatic carbocycles. The molecular weight excluding hydrogens is 846 g/mol. The molecule has 5 aromatic rings. The highest BCUT2D eigenvalue weighted by Gasteiger charge is 2.48. The summed E-state index contributed by atoms with van der Waals surface area (Å²) in [6, 6.07) is 6.87. The highest BCUT2D eigenvalue weighted by molar-refractivity contribution is 6.08. The van der Waals surface area contributed by atoms with Crippen molar-refractivity contribution in [1.29, 1.82) is 0 Å². The third-order valence-electron chi connectivity index (χ3n) is 15.0. The van der Waals surface area contributed by atoms with Gasteiger partial charge in [-0.1, -0.05) is 12.1 Å². The number of hydrogen-bond acceptors (Lipinski definition) is 11. The number of aryl methyl sites for hydroxylation is 1. The fourth-order valence-corrected chi connectivity index (χ4v) is 11.6. The zero-order chi connectivity index (χ0) is 44.7. The predicted octanol–water partition coefficient (Wildman–Crippen LogP) is 4.36. The maximum absolute atomic E-state index is 16.3. The number of benzene rings is 1. The summed E-state index contributed by atoms with van der Waals surface area (Å²) in [5, 5.41) is 13.6. The predicted molar refractivity (Wildman–Crippen MR) is 232 cm³/mol. The zero-order valence-electron chi connectivity index (χ0n) is 36.3. The number of morpholine rings is 1. The number of amides is 3. The van der Waals surface area contributed by atoms with Gasteiger partial charge in [0.15, 0.2) is 11.3 Å². The number of hydrogen-bond donors (Lipinski definition) is 2. The van der Waals surface area contributed by atoms with E-state index in [0.717, 1.165) is 82.8 Å². The summed E-state index contributed by atoms with van der Waals surface area (Å²) in [4.78, 5) is 63.0. The third-order valence-corrected chi connectivity index (χ3v) is 15.0. The summed E-state index contributed by atoms with van der Waals surface area (Å²) in [6.45, 7) is 5.86. The van der Waals surface area contributed by atoms with Gasteiger partial charge in [-0.05, 0) is 80.9 Å². The first-order valence-corrected chi connectivity index (χ1v) is 23.0. The zero-order valence-corrected chi connectivity index (χ0v) is 36.3. The Morgan fingerprint density at radius 2 is 1.80 bits per heavy atom. The number of alkyl halides is 3. The largest absolute Gasteiger partial charge is 0.374 e. The minimum absolute atomic E-state index is 0.0204. The summed E-state index contributed by atoms with van der Waals surface area (Å²) in [5.41, 5.74) is 0.614. The molecule has 6 aliphatic rings. The van der Waals surface area contributed by atoms with Crippen LogP contribution >= 0.6 is 0 Å². The Balaban J connectivity index is 0.661. The second-order valence-electron chi connectivity index (χ2n) is 19.2. The molecule has 4 aromatic heterocycles. The van der Waals surface area contributed by atoms with Crippen LogP contribution in [-0.2, 0) is 21.4 Å². The number of carbonyl (C=O) groups is 3. The van der Waals surface area contributed by atoms with Crippen LogP contribution in [-0.4, -0.2) is 131 Å². The van der Waals surface area contributed by atoms with E-state index < -0.39 is 35.6 Å². The first-order valence-electron chi connectivity index (χ1n) is 23.0. The fraction of sp³-hybridized carbons (Fsp3) is 0.578. The van der Waals surface area contributed by atoms with Crippen LogP contribution in [0.4, 0.5) is 24.7 Å². The lowest BCUT2D eigenvalue weighted by Crippen LogP contribution is -2.54. The van der Waals surface area contributed by atoms with E-state index in [9.17, 15) is 28.0 Å². The van der Waals surface area contributed by atoms with Gasteiger partial charge >= 0.3 is 5.69 Å². The van der Waals surface area contributed by atoms with Crippen molar-refractivity contribution in [1.82, 2.24) is 48.6 Å². The van der Waals surface area contributed by atoms with Crippen molar-refractivity contribution in [3.63, 3.8) is 0 Å². The maximum Gasteiger partial charge on any atom is 0.329 e. The number of para-hydroxylation sites is 1. The molecule has 2 unspecified atom stereocenters. The average molecular weight is 899 g/mol. The normalized spacial score (nSPS) is 28.7. The van der Waals surface area contributed by atoms with Gasteiger partial charge in [0.05, 0.1) is 47.7 Å². The lowest BCUT2D eigenvalue weighted by atomic mass is 9.68. The summed E-state index contributed by atoms with van der Waals surface area (Å²) >= 11 is 0. The Morgan fingerprint density at radius 3 is 2.52 bits per heavy atom. The molecule has 2 N–H and O–H groups in total. The number of halogens is 3. The van der Waals surface area contributed by atoms with Crippen molar-refractivity contribution in [3.8, 4) is 0 Å². The van der Waals surface area contributed by atoms with E-state index in [1.165, 1.54) is 21.5 Å². The Morgan fingerprint density at radius 1 is 1.02 bits per heavy atom. The molecule has 4 aliphatic heterocycles. The Bertz CT molecular complexity index is 2730. The average Bonchev–Trinajstić information content (AvgIpc) is 4.14. The minimum Gasteiger partial charge on any atom is -0.374 e. The van der Waals surface area contributed by atoms with Gasteiger partial charge in [0.25, 0.3) is 12.3 Å². The maximum atomic E-state index is 16.3. The number of carbonyl (C=O) groups excluding carboxylic acids is 3. The standard InChI is InChI=1S/C45H53F3N12O5/c1-54-39-31(3-2-4-34(39)60(44(54)64)35-9-10-37(61)52-43(35)63)27-18-45(48,19-27)25-56-15-13-55(14-16-56)21-26-5-7-28(8-6-26)59-23-33(38(53-59)40(46)47)50-42(62)32-20-49-58-12-11-36(51-41(32)58)57-22-30-17-29(57)24-65-30/h2-4,11-12,20,23,26-30,35,40H,5-10,13-19,21-22,24-25H2,1H3,(H,50,62)(H,52,61,63)/t26?,27?,28?,29-,30?,35?,45?/m1/s1. The highest BCUT2D eigenvalue weighted by atomic mass is 19.3. The van der Waals surface area contributed by atoms with Crippen LogP contribution < -0.4 is 21.2 Å². The molecule has 3 amide bonds. The first kappa shape index (κ1) is 42.1. The van der Waals surface area contributed by atoms with Gasteiger partial charge in [-0.3, -0.25) is 38.4 Å². The number of aromatic nitrogens is 7. The van der Waals surface area contributed by atoms with Gasteiger partial charge in [0, 0.05) is 71.7 Å². The molecule has 2 saturated carbocycles. The van der Waals surface area contributed by atoms with E-state index in [1.54, 1.807) is 22.5 Å². The quantitative estimate of drug-likeness (QED) is 0.181. The van der Waals surface area contributed by atoms with Crippen molar-refractivity contribution in [3.05, 3.63) is 70.2 Å². The number of ether oxygens (including phenoxy) is 1. The Hall–Kier alpha value is -5.60. The molecule has 2 bridgehead atoms. The second-order valence-corrected chi connectivity index (χ2v) is 19.2. The molecule has 6 fully saturated rings. The molecule has 17 nitrogen and oxygen atoms in total. The van der Waals surface area contributed by atoms with Crippen molar-refractivity contribution in [2.45, 2.75) is 100 Å². The molecule has 3 atom stereocenters. The van der Waals surface area contributed by atoms with Gasteiger partial charge in [-0.15, -0.1) is 0 Å². The molecule has 0 spiro atoms. The SMILES string of the molecule is Cn1c(=O)n(C2CCC(=O)NC2=O)c2cccc(C3CC(F)(CN4CCN(CC5CCC(n6cc(NC(=O)c7cnn8ccc(N9CC%10C[C@@H]9CO%10)nc78)c(C(F)F)n6)CC5)CC4)C3)c21. The molecule has 20 heteroatoms. The summed E-state index contributed by atoms with van der Waals surface area (Å²) in [7, 11) is 1.68. The van der Waals surface area contributed by atoms with E-state index in [2.05, 4.69) is 35.5 Å².